The van der Waals surface area contributed by atoms with E-state index in [0.717, 1.165) is 37.2 Å². The summed E-state index contributed by atoms with van der Waals surface area (Å²) in [5.41, 5.74) is -1.13. The SMILES string of the molecule is COC(=O)C12CCC3(C=CCN4CCC5(c6cccc(OC)c6NC15O)C43)C2. The molecule has 148 valence electrons. The molecular weight excluding hydrogens is 356 g/mol. The number of methoxy groups -OCH3 is 2. The van der Waals surface area contributed by atoms with E-state index in [4.69, 9.17) is 9.47 Å². The van der Waals surface area contributed by atoms with Gasteiger partial charge in [-0.15, -0.1) is 0 Å². The predicted octanol–water partition coefficient (Wildman–Crippen LogP) is 2.03. The van der Waals surface area contributed by atoms with E-state index in [2.05, 4.69) is 28.4 Å². The number of para-hydroxylation sites is 1. The lowest BCUT2D eigenvalue weighted by Gasteiger charge is -2.60. The van der Waals surface area contributed by atoms with Gasteiger partial charge in [-0.3, -0.25) is 9.69 Å². The van der Waals surface area contributed by atoms with Crippen molar-refractivity contribution in [2.75, 3.05) is 32.6 Å². The molecule has 1 aromatic rings. The molecule has 2 N–H and O–H groups in total. The highest BCUT2D eigenvalue weighted by atomic mass is 16.5. The van der Waals surface area contributed by atoms with Gasteiger partial charge in [0, 0.05) is 18.0 Å². The van der Waals surface area contributed by atoms with Crippen molar-refractivity contribution >= 4 is 11.7 Å². The van der Waals surface area contributed by atoms with E-state index in [1.165, 1.54) is 7.11 Å². The highest BCUT2D eigenvalue weighted by Gasteiger charge is 2.83. The molecule has 1 saturated heterocycles. The Labute approximate surface area is 164 Å². The quantitative estimate of drug-likeness (QED) is 0.603. The van der Waals surface area contributed by atoms with Gasteiger partial charge in [-0.2, -0.15) is 0 Å². The summed E-state index contributed by atoms with van der Waals surface area (Å²) in [6.07, 6.45) is 7.53. The fourth-order valence-electron chi connectivity index (χ4n) is 7.75. The Morgan fingerprint density at radius 1 is 1.29 bits per heavy atom. The van der Waals surface area contributed by atoms with Crippen LogP contribution in [-0.4, -0.2) is 55.1 Å². The molecule has 2 spiro atoms. The van der Waals surface area contributed by atoms with E-state index in [9.17, 15) is 9.90 Å². The third kappa shape index (κ3) is 1.46. The molecule has 28 heavy (non-hydrogen) atoms. The maximum atomic E-state index is 13.3. The molecule has 6 rings (SSSR count). The molecule has 6 nitrogen and oxygen atoms in total. The van der Waals surface area contributed by atoms with Gasteiger partial charge >= 0.3 is 5.97 Å². The van der Waals surface area contributed by atoms with Crippen LogP contribution in [0.4, 0.5) is 5.69 Å². The van der Waals surface area contributed by atoms with E-state index in [1.54, 1.807) is 7.11 Å². The van der Waals surface area contributed by atoms with Crippen LogP contribution >= 0.6 is 0 Å². The molecule has 5 atom stereocenters. The van der Waals surface area contributed by atoms with Crippen LogP contribution in [0, 0.1) is 10.8 Å². The second-order valence-electron chi connectivity index (χ2n) is 9.22. The van der Waals surface area contributed by atoms with Gasteiger partial charge in [0.15, 0.2) is 5.72 Å². The summed E-state index contributed by atoms with van der Waals surface area (Å²) < 4.78 is 10.9. The summed E-state index contributed by atoms with van der Waals surface area (Å²) in [6.45, 7) is 1.81. The van der Waals surface area contributed by atoms with Crippen molar-refractivity contribution in [3.8, 4) is 5.75 Å². The van der Waals surface area contributed by atoms with Crippen LogP contribution < -0.4 is 10.1 Å². The zero-order valence-electron chi connectivity index (χ0n) is 16.3. The minimum Gasteiger partial charge on any atom is -0.495 e. The monoisotopic (exact) mass is 382 g/mol. The zero-order valence-corrected chi connectivity index (χ0v) is 16.3. The van der Waals surface area contributed by atoms with E-state index < -0.39 is 16.6 Å². The number of hydrogen-bond donors (Lipinski definition) is 2. The summed E-state index contributed by atoms with van der Waals surface area (Å²) in [7, 11) is 3.08. The second-order valence-corrected chi connectivity index (χ2v) is 9.22. The van der Waals surface area contributed by atoms with Crippen LogP contribution in [0.25, 0.3) is 0 Å². The van der Waals surface area contributed by atoms with Crippen LogP contribution in [-0.2, 0) is 14.9 Å². The largest absolute Gasteiger partial charge is 0.495 e. The summed E-state index contributed by atoms with van der Waals surface area (Å²) in [5.74, 6) is 0.408. The van der Waals surface area contributed by atoms with Gasteiger partial charge in [0.05, 0.1) is 25.3 Å². The number of rotatable bonds is 2. The van der Waals surface area contributed by atoms with Gasteiger partial charge < -0.3 is 19.9 Å². The molecule has 2 saturated carbocycles. The minimum absolute atomic E-state index is 0.110. The molecule has 1 aromatic carbocycles. The Balaban J connectivity index is 1.70. The number of anilines is 1. The Morgan fingerprint density at radius 3 is 2.93 bits per heavy atom. The van der Waals surface area contributed by atoms with Crippen molar-refractivity contribution < 1.29 is 19.4 Å². The molecule has 2 bridgehead atoms. The first-order valence-corrected chi connectivity index (χ1v) is 10.2. The first-order valence-electron chi connectivity index (χ1n) is 10.2. The van der Waals surface area contributed by atoms with Gasteiger partial charge in [-0.25, -0.2) is 0 Å². The third-order valence-electron chi connectivity index (χ3n) is 8.55. The minimum atomic E-state index is -1.39. The van der Waals surface area contributed by atoms with Crippen LogP contribution in [0.5, 0.6) is 5.75 Å². The summed E-state index contributed by atoms with van der Waals surface area (Å²) >= 11 is 0. The topological polar surface area (TPSA) is 71.0 Å². The summed E-state index contributed by atoms with van der Waals surface area (Å²) in [6, 6.07) is 6.18. The lowest BCUT2D eigenvalue weighted by molar-refractivity contribution is -0.194. The number of carbonyl (C=O) groups is 1. The van der Waals surface area contributed by atoms with Crippen molar-refractivity contribution in [2.24, 2.45) is 10.8 Å². The van der Waals surface area contributed by atoms with Gasteiger partial charge in [0.1, 0.15) is 11.2 Å². The van der Waals surface area contributed by atoms with Crippen molar-refractivity contribution in [3.63, 3.8) is 0 Å². The Bertz CT molecular complexity index is 931. The van der Waals surface area contributed by atoms with E-state index in [0.29, 0.717) is 18.6 Å². The van der Waals surface area contributed by atoms with Crippen LogP contribution in [0.3, 0.4) is 0 Å². The lowest BCUT2D eigenvalue weighted by Crippen LogP contribution is -2.74. The first kappa shape index (κ1) is 16.9. The zero-order chi connectivity index (χ0) is 19.4. The molecule has 0 radical (unpaired) electrons. The van der Waals surface area contributed by atoms with Crippen LogP contribution in [0.15, 0.2) is 30.4 Å². The van der Waals surface area contributed by atoms with Gasteiger partial charge in [-0.1, -0.05) is 24.3 Å². The molecule has 3 aliphatic heterocycles. The molecule has 5 unspecified atom stereocenters. The molecule has 3 heterocycles. The normalized spacial score (nSPS) is 44.5. The van der Waals surface area contributed by atoms with E-state index in [1.807, 2.05) is 12.1 Å². The maximum Gasteiger partial charge on any atom is 0.316 e. The third-order valence-corrected chi connectivity index (χ3v) is 8.55. The Kier molecular flexibility index (Phi) is 2.96. The molecule has 6 heteroatoms. The highest BCUT2D eigenvalue weighted by Crippen LogP contribution is 2.76. The van der Waals surface area contributed by atoms with Crippen LogP contribution in [0.1, 0.15) is 31.2 Å². The smallest absolute Gasteiger partial charge is 0.316 e. The number of fused-ring (bicyclic) bond motifs is 3. The molecule has 3 fully saturated rings. The Morgan fingerprint density at radius 2 is 2.14 bits per heavy atom. The number of aliphatic hydroxyl groups is 1. The molecule has 0 amide bonds. The molecule has 0 aromatic heterocycles. The standard InChI is InChI=1S/C22H26N2O4/c1-27-15-6-3-5-14-16(15)23-22(26)20(18(25)28-2)9-8-19(13-20)7-4-11-24-12-10-21(14,22)17(19)24/h3-7,17,23,26H,8-13H2,1-2H3. The number of ether oxygens (including phenoxy) is 2. The number of benzene rings is 1. The Hall–Kier alpha value is -2.05. The lowest BCUT2D eigenvalue weighted by atomic mass is 9.48. The van der Waals surface area contributed by atoms with Crippen LogP contribution in [0.2, 0.25) is 0 Å². The maximum absolute atomic E-state index is 13.3. The predicted molar refractivity (Wildman–Crippen MR) is 103 cm³/mol. The average Bonchev–Trinajstić information content (AvgIpc) is 3.36. The number of nitrogens with one attached hydrogen (secondary N) is 1. The summed E-state index contributed by atoms with van der Waals surface area (Å²) in [4.78, 5) is 15.8. The fourth-order valence-corrected chi connectivity index (χ4v) is 7.75. The van der Waals surface area contributed by atoms with E-state index in [-0.39, 0.29) is 17.4 Å². The van der Waals surface area contributed by atoms with Crippen molar-refractivity contribution in [2.45, 2.75) is 42.9 Å². The van der Waals surface area contributed by atoms with Gasteiger partial charge in [0.25, 0.3) is 0 Å². The van der Waals surface area contributed by atoms with E-state index >= 15 is 0 Å². The van der Waals surface area contributed by atoms with Crippen molar-refractivity contribution in [1.29, 1.82) is 0 Å². The molecular formula is C22H26N2O4. The highest BCUT2D eigenvalue weighted by molar-refractivity contribution is 5.85. The number of hydrogen-bond acceptors (Lipinski definition) is 6. The number of nitrogens with zero attached hydrogens (tertiary/aromatic N) is 1. The number of carbonyl (C=O) groups excluding carboxylic acids is 1. The van der Waals surface area contributed by atoms with Crippen molar-refractivity contribution in [1.82, 2.24) is 4.90 Å². The average molecular weight is 382 g/mol. The molecule has 2 aliphatic carbocycles. The summed E-state index contributed by atoms with van der Waals surface area (Å²) in [5, 5.41) is 15.9. The van der Waals surface area contributed by atoms with Crippen molar-refractivity contribution in [3.05, 3.63) is 35.9 Å². The molecule has 5 aliphatic rings. The van der Waals surface area contributed by atoms with Gasteiger partial charge in [-0.05, 0) is 43.9 Å². The fraction of sp³-hybridized carbons (Fsp3) is 0.591. The number of esters is 1. The second kappa shape index (κ2) is 4.92. The first-order chi connectivity index (χ1) is 13.5. The van der Waals surface area contributed by atoms with Gasteiger partial charge in [0.2, 0.25) is 0 Å².